The topological polar surface area (TPSA) is 63.0 Å². The number of nitrogens with zero attached hydrogens (tertiary/aromatic N) is 3. The summed E-state index contributed by atoms with van der Waals surface area (Å²) in [6.45, 7) is 8.63. The minimum atomic E-state index is -0.281. The van der Waals surface area contributed by atoms with Crippen molar-refractivity contribution in [1.82, 2.24) is 20.1 Å². The van der Waals surface area contributed by atoms with E-state index in [1.807, 2.05) is 13.0 Å². The van der Waals surface area contributed by atoms with Gasteiger partial charge in [-0.2, -0.15) is 0 Å². The molecule has 0 bridgehead atoms. The summed E-state index contributed by atoms with van der Waals surface area (Å²) in [6.07, 6.45) is 4.59. The van der Waals surface area contributed by atoms with Gasteiger partial charge in [-0.05, 0) is 32.4 Å². The van der Waals surface area contributed by atoms with Crippen molar-refractivity contribution in [1.29, 1.82) is 0 Å². The average Bonchev–Trinajstić information content (AvgIpc) is 2.89. The van der Waals surface area contributed by atoms with E-state index in [1.54, 1.807) is 11.8 Å². The fourth-order valence-corrected chi connectivity index (χ4v) is 3.38. The molecule has 0 aliphatic carbocycles. The Balaban J connectivity index is 2.11. The van der Waals surface area contributed by atoms with E-state index in [9.17, 15) is 5.11 Å². The molecular weight excluding hydrogens is 272 g/mol. The summed E-state index contributed by atoms with van der Waals surface area (Å²) in [5.74, 6) is 2.21. The van der Waals surface area contributed by atoms with Crippen LogP contribution in [0.25, 0.3) is 0 Å². The molecule has 1 fully saturated rings. The molecule has 5 nitrogen and oxygen atoms in total. The SMILES string of the molecule is C=CCn1c(SC[C@H](O)CC)nnc1C1CCNCC1. The fourth-order valence-electron chi connectivity index (χ4n) is 2.38. The van der Waals surface area contributed by atoms with E-state index in [4.69, 9.17) is 0 Å². The van der Waals surface area contributed by atoms with Crippen LogP contribution in [0.2, 0.25) is 0 Å². The van der Waals surface area contributed by atoms with Crippen molar-refractivity contribution in [2.45, 2.75) is 49.9 Å². The van der Waals surface area contributed by atoms with Gasteiger partial charge in [0.05, 0.1) is 6.10 Å². The number of thioether (sulfide) groups is 1. The molecule has 20 heavy (non-hydrogen) atoms. The lowest BCUT2D eigenvalue weighted by molar-refractivity contribution is 0.195. The summed E-state index contributed by atoms with van der Waals surface area (Å²) >= 11 is 1.58. The summed E-state index contributed by atoms with van der Waals surface area (Å²) in [7, 11) is 0. The van der Waals surface area contributed by atoms with Crippen molar-refractivity contribution >= 4 is 11.8 Å². The highest BCUT2D eigenvalue weighted by atomic mass is 32.2. The van der Waals surface area contributed by atoms with Crippen LogP contribution in [-0.4, -0.2) is 44.8 Å². The lowest BCUT2D eigenvalue weighted by atomic mass is 9.97. The molecule has 2 N–H and O–H groups in total. The zero-order valence-corrected chi connectivity index (χ0v) is 12.9. The van der Waals surface area contributed by atoms with Crippen LogP contribution in [0.5, 0.6) is 0 Å². The molecule has 0 saturated carbocycles. The Morgan fingerprint density at radius 1 is 1.50 bits per heavy atom. The van der Waals surface area contributed by atoms with Gasteiger partial charge in [-0.1, -0.05) is 24.8 Å². The maximum absolute atomic E-state index is 9.69. The first-order valence-corrected chi connectivity index (χ1v) is 8.30. The molecule has 112 valence electrons. The van der Waals surface area contributed by atoms with E-state index in [0.29, 0.717) is 11.7 Å². The van der Waals surface area contributed by atoms with E-state index in [-0.39, 0.29) is 6.10 Å². The highest BCUT2D eigenvalue weighted by molar-refractivity contribution is 7.99. The number of nitrogens with one attached hydrogen (secondary N) is 1. The molecule has 0 spiro atoms. The number of aliphatic hydroxyl groups excluding tert-OH is 1. The minimum Gasteiger partial charge on any atom is -0.392 e. The van der Waals surface area contributed by atoms with Crippen molar-refractivity contribution in [2.24, 2.45) is 0 Å². The Morgan fingerprint density at radius 3 is 2.90 bits per heavy atom. The molecule has 2 heterocycles. The van der Waals surface area contributed by atoms with Gasteiger partial charge in [0.15, 0.2) is 5.16 Å². The zero-order valence-electron chi connectivity index (χ0n) is 12.1. The molecule has 0 amide bonds. The Morgan fingerprint density at radius 2 is 2.25 bits per heavy atom. The number of aromatic nitrogens is 3. The normalized spacial score (nSPS) is 18.1. The molecule has 0 aromatic carbocycles. The first-order chi connectivity index (χ1) is 9.76. The molecule has 2 rings (SSSR count). The van der Waals surface area contributed by atoms with Crippen LogP contribution in [0.4, 0.5) is 0 Å². The van der Waals surface area contributed by atoms with Gasteiger partial charge in [0.2, 0.25) is 0 Å². The van der Waals surface area contributed by atoms with Crippen molar-refractivity contribution in [2.75, 3.05) is 18.8 Å². The van der Waals surface area contributed by atoms with Gasteiger partial charge in [0.1, 0.15) is 5.82 Å². The second-order valence-corrected chi connectivity index (χ2v) is 6.12. The number of hydrogen-bond donors (Lipinski definition) is 2. The third-order valence-corrected chi connectivity index (χ3v) is 4.75. The minimum absolute atomic E-state index is 0.281. The van der Waals surface area contributed by atoms with Crippen molar-refractivity contribution in [3.8, 4) is 0 Å². The highest BCUT2D eigenvalue weighted by Crippen LogP contribution is 2.27. The van der Waals surface area contributed by atoms with Crippen LogP contribution in [0.15, 0.2) is 17.8 Å². The van der Waals surface area contributed by atoms with Crippen molar-refractivity contribution in [3.63, 3.8) is 0 Å². The molecular formula is C14H24N4OS. The molecule has 1 aliphatic heterocycles. The van der Waals surface area contributed by atoms with Crippen LogP contribution in [0.3, 0.4) is 0 Å². The zero-order chi connectivity index (χ0) is 14.4. The first-order valence-electron chi connectivity index (χ1n) is 7.31. The lowest BCUT2D eigenvalue weighted by Crippen LogP contribution is -2.28. The Bertz CT molecular complexity index is 429. The lowest BCUT2D eigenvalue weighted by Gasteiger charge is -2.22. The molecule has 1 aromatic heterocycles. The molecule has 0 unspecified atom stereocenters. The number of rotatable bonds is 7. The summed E-state index contributed by atoms with van der Waals surface area (Å²) in [6, 6.07) is 0. The van der Waals surface area contributed by atoms with E-state index in [1.165, 1.54) is 0 Å². The third-order valence-electron chi connectivity index (χ3n) is 3.64. The van der Waals surface area contributed by atoms with Crippen LogP contribution < -0.4 is 5.32 Å². The van der Waals surface area contributed by atoms with Crippen molar-refractivity contribution in [3.05, 3.63) is 18.5 Å². The summed E-state index contributed by atoms with van der Waals surface area (Å²) in [4.78, 5) is 0. The standard InChI is InChI=1S/C14H24N4OS/c1-3-9-18-13(11-5-7-15-8-6-11)16-17-14(18)20-10-12(19)4-2/h3,11-12,15,19H,1,4-10H2,2H3/t12-/m1/s1. The summed E-state index contributed by atoms with van der Waals surface area (Å²) in [5.41, 5.74) is 0. The van der Waals surface area contributed by atoms with E-state index < -0.39 is 0 Å². The molecule has 0 radical (unpaired) electrons. The van der Waals surface area contributed by atoms with Crippen LogP contribution in [0, 0.1) is 0 Å². The van der Waals surface area contributed by atoms with E-state index in [0.717, 1.165) is 49.9 Å². The molecule has 1 aliphatic rings. The smallest absolute Gasteiger partial charge is 0.191 e. The van der Waals surface area contributed by atoms with Crippen LogP contribution >= 0.6 is 11.8 Å². The van der Waals surface area contributed by atoms with Gasteiger partial charge < -0.3 is 15.0 Å². The quantitative estimate of drug-likeness (QED) is 0.593. The largest absolute Gasteiger partial charge is 0.392 e. The monoisotopic (exact) mass is 296 g/mol. The van der Waals surface area contributed by atoms with Crippen LogP contribution in [-0.2, 0) is 6.54 Å². The first kappa shape index (κ1) is 15.5. The van der Waals surface area contributed by atoms with Crippen LogP contribution in [0.1, 0.15) is 37.9 Å². The highest BCUT2D eigenvalue weighted by Gasteiger charge is 2.23. The Kier molecular flexibility index (Phi) is 6.06. The molecule has 1 atom stereocenters. The maximum Gasteiger partial charge on any atom is 0.191 e. The number of aliphatic hydroxyl groups is 1. The fraction of sp³-hybridized carbons (Fsp3) is 0.714. The molecule has 1 saturated heterocycles. The van der Waals surface area contributed by atoms with Gasteiger partial charge >= 0.3 is 0 Å². The number of allylic oxidation sites excluding steroid dienone is 1. The second kappa shape index (κ2) is 7.81. The van der Waals surface area contributed by atoms with Gasteiger partial charge in [-0.3, -0.25) is 0 Å². The number of piperidine rings is 1. The molecule has 6 heteroatoms. The Hall–Kier alpha value is -0.850. The van der Waals surface area contributed by atoms with Gasteiger partial charge in [0, 0.05) is 18.2 Å². The van der Waals surface area contributed by atoms with Gasteiger partial charge in [0.25, 0.3) is 0 Å². The number of hydrogen-bond acceptors (Lipinski definition) is 5. The summed E-state index contributed by atoms with van der Waals surface area (Å²) in [5, 5.41) is 22.7. The van der Waals surface area contributed by atoms with Crippen molar-refractivity contribution < 1.29 is 5.11 Å². The predicted molar refractivity (Wildman–Crippen MR) is 82.1 cm³/mol. The predicted octanol–water partition coefficient (Wildman–Crippen LogP) is 1.79. The Labute approximate surface area is 124 Å². The average molecular weight is 296 g/mol. The van der Waals surface area contributed by atoms with E-state index in [2.05, 4.69) is 26.7 Å². The maximum atomic E-state index is 9.69. The summed E-state index contributed by atoms with van der Waals surface area (Å²) < 4.78 is 2.15. The second-order valence-electron chi connectivity index (χ2n) is 5.14. The van der Waals surface area contributed by atoms with E-state index >= 15 is 0 Å². The van der Waals surface area contributed by atoms with Gasteiger partial charge in [-0.25, -0.2) is 0 Å². The molecule has 1 aromatic rings. The van der Waals surface area contributed by atoms with Gasteiger partial charge in [-0.15, -0.1) is 16.8 Å². The third kappa shape index (κ3) is 3.84.